The first-order valence-electron chi connectivity index (χ1n) is 6.92. The van der Waals surface area contributed by atoms with E-state index in [1.54, 1.807) is 33.7 Å². The van der Waals surface area contributed by atoms with Crippen LogP contribution in [0.1, 0.15) is 28.9 Å². The lowest BCUT2D eigenvalue weighted by Crippen LogP contribution is -2.34. The van der Waals surface area contributed by atoms with E-state index in [1.807, 2.05) is 13.2 Å². The molecule has 1 aromatic heterocycles. The van der Waals surface area contributed by atoms with Crippen LogP contribution in [0.4, 0.5) is 4.39 Å². The van der Waals surface area contributed by atoms with E-state index in [1.165, 1.54) is 6.07 Å². The first-order valence-corrected chi connectivity index (χ1v) is 7.72. The molecule has 3 rings (SSSR count). The van der Waals surface area contributed by atoms with Gasteiger partial charge < -0.3 is 9.47 Å². The Labute approximate surface area is 131 Å². The number of aryl methyl sites for hydroxylation is 1. The molecule has 0 aliphatic heterocycles. The van der Waals surface area contributed by atoms with Crippen LogP contribution in [0, 0.1) is 5.82 Å². The van der Waals surface area contributed by atoms with Gasteiger partial charge in [-0.05, 0) is 40.9 Å². The van der Waals surface area contributed by atoms with E-state index >= 15 is 0 Å². The van der Waals surface area contributed by atoms with Gasteiger partial charge in [-0.1, -0.05) is 18.2 Å². The Morgan fingerprint density at radius 1 is 1.43 bits per heavy atom. The van der Waals surface area contributed by atoms with Crippen molar-refractivity contribution in [2.24, 2.45) is 7.05 Å². The largest absolute Gasteiger partial charge is 0.345 e. The van der Waals surface area contributed by atoms with Gasteiger partial charge in [0.15, 0.2) is 0 Å². The molecule has 21 heavy (non-hydrogen) atoms. The molecule has 1 aliphatic rings. The van der Waals surface area contributed by atoms with Gasteiger partial charge in [-0.3, -0.25) is 4.79 Å². The van der Waals surface area contributed by atoms with Crippen LogP contribution in [0.5, 0.6) is 0 Å². The smallest absolute Gasteiger partial charge is 0.271 e. The van der Waals surface area contributed by atoms with Gasteiger partial charge in [0.1, 0.15) is 11.5 Å². The van der Waals surface area contributed by atoms with Crippen LogP contribution in [-0.4, -0.2) is 21.4 Å². The third-order valence-corrected chi connectivity index (χ3v) is 4.17. The van der Waals surface area contributed by atoms with Crippen LogP contribution >= 0.6 is 15.9 Å². The molecule has 1 aliphatic carbocycles. The monoisotopic (exact) mass is 350 g/mol. The van der Waals surface area contributed by atoms with Gasteiger partial charge in [0, 0.05) is 35.9 Å². The lowest BCUT2D eigenvalue weighted by Gasteiger charge is -2.23. The Hall–Kier alpha value is -1.62. The molecular weight excluding hydrogens is 335 g/mol. The number of nitrogens with zero attached hydrogens (tertiary/aromatic N) is 2. The summed E-state index contributed by atoms with van der Waals surface area (Å²) in [6.45, 7) is 0.318. The van der Waals surface area contributed by atoms with Crippen molar-refractivity contribution in [1.82, 2.24) is 9.47 Å². The highest BCUT2D eigenvalue weighted by Crippen LogP contribution is 2.30. The molecule has 1 fully saturated rings. The highest BCUT2D eigenvalue weighted by Gasteiger charge is 2.34. The molecular formula is C16H16BrFN2O. The fourth-order valence-corrected chi connectivity index (χ4v) is 2.97. The van der Waals surface area contributed by atoms with E-state index in [0.29, 0.717) is 17.8 Å². The molecule has 0 spiro atoms. The van der Waals surface area contributed by atoms with Crippen molar-refractivity contribution < 1.29 is 9.18 Å². The van der Waals surface area contributed by atoms with Crippen LogP contribution in [0.3, 0.4) is 0 Å². The zero-order valence-electron chi connectivity index (χ0n) is 11.7. The Morgan fingerprint density at radius 2 is 2.14 bits per heavy atom. The lowest BCUT2D eigenvalue weighted by molar-refractivity contribution is 0.0718. The summed E-state index contributed by atoms with van der Waals surface area (Å²) in [6.07, 6.45) is 3.83. The number of hydrogen-bond acceptors (Lipinski definition) is 1. The van der Waals surface area contributed by atoms with Crippen molar-refractivity contribution in [3.63, 3.8) is 0 Å². The lowest BCUT2D eigenvalue weighted by atomic mass is 10.2. The highest BCUT2D eigenvalue weighted by molar-refractivity contribution is 9.10. The molecule has 0 saturated heterocycles. The van der Waals surface area contributed by atoms with Crippen molar-refractivity contribution in [3.05, 3.63) is 58.1 Å². The van der Waals surface area contributed by atoms with Crippen molar-refractivity contribution in [1.29, 1.82) is 0 Å². The maximum absolute atomic E-state index is 13.8. The zero-order valence-corrected chi connectivity index (χ0v) is 13.3. The molecule has 0 radical (unpaired) electrons. The van der Waals surface area contributed by atoms with Crippen LogP contribution in [0.2, 0.25) is 0 Å². The summed E-state index contributed by atoms with van der Waals surface area (Å²) in [7, 11) is 1.84. The Bertz CT molecular complexity index is 679. The zero-order chi connectivity index (χ0) is 15.0. The molecule has 110 valence electrons. The quantitative estimate of drug-likeness (QED) is 0.824. The van der Waals surface area contributed by atoms with Gasteiger partial charge in [-0.25, -0.2) is 4.39 Å². The van der Waals surface area contributed by atoms with Crippen molar-refractivity contribution in [3.8, 4) is 0 Å². The van der Waals surface area contributed by atoms with E-state index in [9.17, 15) is 9.18 Å². The van der Waals surface area contributed by atoms with Crippen LogP contribution < -0.4 is 0 Å². The third-order valence-electron chi connectivity index (χ3n) is 3.74. The maximum Gasteiger partial charge on any atom is 0.271 e. The number of benzene rings is 1. The molecule has 2 aromatic rings. The van der Waals surface area contributed by atoms with Crippen LogP contribution in [0.25, 0.3) is 0 Å². The second-order valence-corrected chi connectivity index (χ2v) is 6.33. The molecule has 1 saturated carbocycles. The molecule has 0 unspecified atom stereocenters. The van der Waals surface area contributed by atoms with E-state index in [2.05, 4.69) is 15.9 Å². The number of amides is 1. The SMILES string of the molecule is Cn1cc(Br)cc1C(=O)N(Cc1ccccc1F)C1CC1. The second-order valence-electron chi connectivity index (χ2n) is 5.41. The first kappa shape index (κ1) is 14.3. The molecule has 1 aromatic carbocycles. The van der Waals surface area contributed by atoms with Gasteiger partial charge in [0.2, 0.25) is 0 Å². The average Bonchev–Trinajstić information content (AvgIpc) is 3.22. The molecule has 0 atom stereocenters. The van der Waals surface area contributed by atoms with E-state index in [-0.39, 0.29) is 17.8 Å². The Kier molecular flexibility index (Phi) is 3.85. The number of rotatable bonds is 4. The molecule has 3 nitrogen and oxygen atoms in total. The van der Waals surface area contributed by atoms with Crippen molar-refractivity contribution >= 4 is 21.8 Å². The van der Waals surface area contributed by atoms with Gasteiger partial charge in [0.05, 0.1) is 0 Å². The summed E-state index contributed by atoms with van der Waals surface area (Å²) in [5.74, 6) is -0.307. The normalized spacial score (nSPS) is 14.2. The predicted molar refractivity (Wildman–Crippen MR) is 82.4 cm³/mol. The topological polar surface area (TPSA) is 25.2 Å². The molecule has 1 heterocycles. The summed E-state index contributed by atoms with van der Waals surface area (Å²) in [4.78, 5) is 14.5. The Balaban J connectivity index is 1.87. The van der Waals surface area contributed by atoms with Crippen molar-refractivity contribution in [2.75, 3.05) is 0 Å². The van der Waals surface area contributed by atoms with Gasteiger partial charge in [-0.2, -0.15) is 0 Å². The minimum absolute atomic E-state index is 0.0473. The summed E-state index contributed by atoms with van der Waals surface area (Å²) < 4.78 is 16.5. The van der Waals surface area contributed by atoms with Gasteiger partial charge in [0.25, 0.3) is 5.91 Å². The minimum Gasteiger partial charge on any atom is -0.345 e. The third kappa shape index (κ3) is 3.02. The predicted octanol–water partition coefficient (Wildman–Crippen LogP) is 3.73. The number of hydrogen-bond donors (Lipinski definition) is 0. The fourth-order valence-electron chi connectivity index (χ4n) is 2.45. The summed E-state index contributed by atoms with van der Waals surface area (Å²) in [6, 6.07) is 8.66. The van der Waals surface area contributed by atoms with Crippen molar-refractivity contribution in [2.45, 2.75) is 25.4 Å². The average molecular weight is 351 g/mol. The van der Waals surface area contributed by atoms with E-state index in [0.717, 1.165) is 17.3 Å². The van der Waals surface area contributed by atoms with Crippen LogP contribution in [-0.2, 0) is 13.6 Å². The first-order chi connectivity index (χ1) is 10.1. The number of aromatic nitrogens is 1. The van der Waals surface area contributed by atoms with Gasteiger partial charge >= 0.3 is 0 Å². The highest BCUT2D eigenvalue weighted by atomic mass is 79.9. The van der Waals surface area contributed by atoms with E-state index in [4.69, 9.17) is 0 Å². The standard InChI is InChI=1S/C16H16BrFN2O/c1-19-10-12(17)8-15(19)16(21)20(13-6-7-13)9-11-4-2-3-5-14(11)18/h2-5,8,10,13H,6-7,9H2,1H3. The van der Waals surface area contributed by atoms with Gasteiger partial charge in [-0.15, -0.1) is 0 Å². The molecule has 1 amide bonds. The number of halogens is 2. The summed E-state index contributed by atoms with van der Waals surface area (Å²) in [5, 5.41) is 0. The Morgan fingerprint density at radius 3 is 2.71 bits per heavy atom. The maximum atomic E-state index is 13.8. The van der Waals surface area contributed by atoms with E-state index < -0.39 is 0 Å². The summed E-state index contributed by atoms with van der Waals surface area (Å²) >= 11 is 3.38. The summed E-state index contributed by atoms with van der Waals surface area (Å²) in [5.41, 5.74) is 1.18. The molecule has 5 heteroatoms. The number of carbonyl (C=O) groups excluding carboxylic acids is 1. The fraction of sp³-hybridized carbons (Fsp3) is 0.312. The minimum atomic E-state index is -0.260. The molecule has 0 bridgehead atoms. The number of carbonyl (C=O) groups is 1. The second kappa shape index (κ2) is 5.64. The molecule has 0 N–H and O–H groups in total. The van der Waals surface area contributed by atoms with Crippen LogP contribution in [0.15, 0.2) is 41.0 Å².